The fourth-order valence-electron chi connectivity index (χ4n) is 4.95. The van der Waals surface area contributed by atoms with Crippen molar-refractivity contribution in [2.24, 2.45) is 5.92 Å². The van der Waals surface area contributed by atoms with Crippen LogP contribution in [0.15, 0.2) is 36.6 Å². The first kappa shape index (κ1) is 31.0. The number of pyridine rings is 1. The third-order valence-corrected chi connectivity index (χ3v) is 7.41. The van der Waals surface area contributed by atoms with Crippen LogP contribution in [0.4, 0.5) is 0 Å². The van der Waals surface area contributed by atoms with E-state index in [4.69, 9.17) is 14.5 Å². The van der Waals surface area contributed by atoms with E-state index < -0.39 is 30.1 Å². The van der Waals surface area contributed by atoms with E-state index in [1.54, 1.807) is 27.0 Å². The second kappa shape index (κ2) is 14.3. The number of carbonyl (C=O) groups excluding carboxylic acids is 4. The van der Waals surface area contributed by atoms with Crippen molar-refractivity contribution in [3.05, 3.63) is 47.9 Å². The fraction of sp³-hybridized carbons (Fsp3) is 0.516. The number of carbonyl (C=O) groups is 4. The van der Waals surface area contributed by atoms with E-state index in [2.05, 4.69) is 16.1 Å². The molecule has 2 aromatic rings. The van der Waals surface area contributed by atoms with Crippen LogP contribution in [0.25, 0.3) is 17.0 Å². The average Bonchev–Trinajstić information content (AvgIpc) is 2.97. The molecule has 11 heteroatoms. The van der Waals surface area contributed by atoms with Gasteiger partial charge in [0.2, 0.25) is 5.91 Å². The Kier molecular flexibility index (Phi) is 10.5. The van der Waals surface area contributed by atoms with Crippen molar-refractivity contribution in [1.82, 2.24) is 26.1 Å². The number of cyclic esters (lactones) is 1. The van der Waals surface area contributed by atoms with E-state index in [0.717, 1.165) is 22.2 Å². The molecule has 11 nitrogen and oxygen atoms in total. The number of amides is 3. The van der Waals surface area contributed by atoms with Gasteiger partial charge in [0.05, 0.1) is 30.1 Å². The maximum absolute atomic E-state index is 13.2. The second-order valence-electron chi connectivity index (χ2n) is 11.2. The average molecular weight is 580 g/mol. The lowest BCUT2D eigenvalue weighted by Crippen LogP contribution is -2.61. The van der Waals surface area contributed by atoms with Crippen molar-refractivity contribution in [2.75, 3.05) is 13.2 Å². The van der Waals surface area contributed by atoms with Crippen molar-refractivity contribution < 1.29 is 28.7 Å². The van der Waals surface area contributed by atoms with E-state index >= 15 is 0 Å². The molecule has 1 aromatic carbocycles. The van der Waals surface area contributed by atoms with Crippen LogP contribution in [0.2, 0.25) is 0 Å². The molecule has 42 heavy (non-hydrogen) atoms. The molecule has 0 spiro atoms. The number of rotatable bonds is 1. The SMILES string of the molecule is CC(C)[C@@H]1OC(=O)CCCCO/C=C/c2ccc3ccc(nc3c2)[C@@H](C)NC(=O)[C@@H]2CCCN(N2)C(=O)[C@H](C)NC1=O. The number of esters is 1. The van der Waals surface area contributed by atoms with Gasteiger partial charge in [-0.15, -0.1) is 0 Å². The van der Waals surface area contributed by atoms with E-state index in [1.807, 2.05) is 43.3 Å². The van der Waals surface area contributed by atoms with E-state index in [-0.39, 0.29) is 30.2 Å². The zero-order valence-corrected chi connectivity index (χ0v) is 24.7. The molecule has 0 unspecified atom stereocenters. The van der Waals surface area contributed by atoms with Gasteiger partial charge >= 0.3 is 5.97 Å². The largest absolute Gasteiger partial charge is 0.501 e. The summed E-state index contributed by atoms with van der Waals surface area (Å²) in [5, 5.41) is 8.05. The Labute approximate surface area is 246 Å². The van der Waals surface area contributed by atoms with Gasteiger partial charge in [0, 0.05) is 18.4 Å². The summed E-state index contributed by atoms with van der Waals surface area (Å²) in [6.45, 7) is 7.83. The van der Waals surface area contributed by atoms with E-state index in [9.17, 15) is 19.2 Å². The molecule has 2 aliphatic rings. The summed E-state index contributed by atoms with van der Waals surface area (Å²) in [6, 6.07) is 7.91. The van der Waals surface area contributed by atoms with Crippen LogP contribution in [-0.2, 0) is 28.7 Å². The molecule has 0 saturated carbocycles. The Balaban J connectivity index is 1.53. The lowest BCUT2D eigenvalue weighted by Gasteiger charge is -2.35. The summed E-state index contributed by atoms with van der Waals surface area (Å²) < 4.78 is 11.1. The maximum atomic E-state index is 13.2. The highest BCUT2D eigenvalue weighted by Crippen LogP contribution is 2.20. The standard InChI is InChI=1S/C31H41N5O6/c1-19(2)28-30(39)33-21(4)31(40)36-15-7-8-25(35-36)29(38)32-20(3)24-13-12-23-11-10-22(18-26(23)34-24)14-17-41-16-6-5-9-27(37)42-28/h10-14,17-21,25,28,35H,5-9,15-16H2,1-4H3,(H,32,38)(H,33,39)/b17-14+/t20-,21+,25+,28+/m1/s1. The highest BCUT2D eigenvalue weighted by atomic mass is 16.5. The molecular formula is C31H41N5O6. The number of benzene rings is 1. The van der Waals surface area contributed by atoms with Crippen molar-refractivity contribution in [3.8, 4) is 0 Å². The smallest absolute Gasteiger partial charge is 0.306 e. The lowest BCUT2D eigenvalue weighted by atomic mass is 10.1. The van der Waals surface area contributed by atoms with Gasteiger partial charge in [0.15, 0.2) is 6.10 Å². The molecule has 3 heterocycles. The van der Waals surface area contributed by atoms with Crippen molar-refractivity contribution in [2.45, 2.75) is 84.0 Å². The van der Waals surface area contributed by atoms with Gasteiger partial charge in [-0.1, -0.05) is 32.0 Å². The summed E-state index contributed by atoms with van der Waals surface area (Å²) in [5.74, 6) is -1.93. The topological polar surface area (TPSA) is 139 Å². The highest BCUT2D eigenvalue weighted by molar-refractivity contribution is 5.90. The van der Waals surface area contributed by atoms with Crippen molar-refractivity contribution >= 4 is 40.7 Å². The fourth-order valence-corrected chi connectivity index (χ4v) is 4.95. The Bertz CT molecular complexity index is 1330. The maximum Gasteiger partial charge on any atom is 0.306 e. The molecule has 1 saturated heterocycles. The predicted octanol–water partition coefficient (Wildman–Crippen LogP) is 3.15. The lowest BCUT2D eigenvalue weighted by molar-refractivity contribution is -0.159. The predicted molar refractivity (Wildman–Crippen MR) is 157 cm³/mol. The molecule has 3 amide bonds. The van der Waals surface area contributed by atoms with Crippen molar-refractivity contribution in [1.29, 1.82) is 0 Å². The minimum Gasteiger partial charge on any atom is -0.501 e. The number of nitrogens with one attached hydrogen (secondary N) is 3. The summed E-state index contributed by atoms with van der Waals surface area (Å²) in [6.07, 6.45) is 4.95. The second-order valence-corrected chi connectivity index (χ2v) is 11.2. The zero-order chi connectivity index (χ0) is 30.2. The molecule has 5 bridgehead atoms. The van der Waals surface area contributed by atoms with Crippen LogP contribution in [0.5, 0.6) is 0 Å². The number of nitrogens with zero attached hydrogens (tertiary/aromatic N) is 2. The third-order valence-electron chi connectivity index (χ3n) is 7.41. The van der Waals surface area contributed by atoms with Gasteiger partial charge in [0.25, 0.3) is 11.8 Å². The van der Waals surface area contributed by atoms with Crippen LogP contribution >= 0.6 is 0 Å². The van der Waals surface area contributed by atoms with E-state index in [1.165, 1.54) is 5.01 Å². The van der Waals surface area contributed by atoms with Gasteiger partial charge in [-0.25, -0.2) is 5.43 Å². The van der Waals surface area contributed by atoms with Gasteiger partial charge in [0.1, 0.15) is 12.1 Å². The normalized spacial score (nSPS) is 26.2. The molecule has 226 valence electrons. The summed E-state index contributed by atoms with van der Waals surface area (Å²) in [7, 11) is 0. The molecule has 1 fully saturated rings. The van der Waals surface area contributed by atoms with Gasteiger partial charge < -0.3 is 20.1 Å². The molecule has 1 aromatic heterocycles. The summed E-state index contributed by atoms with van der Waals surface area (Å²) >= 11 is 0. The first-order valence-electron chi connectivity index (χ1n) is 14.7. The van der Waals surface area contributed by atoms with Crippen LogP contribution in [0, 0.1) is 5.92 Å². The number of hydrazine groups is 1. The number of fused-ring (bicyclic) bond motifs is 4. The number of hydrogen-bond acceptors (Lipinski definition) is 8. The monoisotopic (exact) mass is 579 g/mol. The molecule has 0 aliphatic carbocycles. The number of hydrogen-bond donors (Lipinski definition) is 3. The molecule has 0 radical (unpaired) electrons. The molecule has 3 N–H and O–H groups in total. The van der Waals surface area contributed by atoms with Gasteiger partial charge in [-0.3, -0.25) is 29.2 Å². The third kappa shape index (κ3) is 8.06. The molecule has 2 aliphatic heterocycles. The van der Waals surface area contributed by atoms with E-state index in [0.29, 0.717) is 38.8 Å². The zero-order valence-electron chi connectivity index (χ0n) is 24.7. The van der Waals surface area contributed by atoms with Gasteiger partial charge in [-0.05, 0) is 69.2 Å². The summed E-state index contributed by atoms with van der Waals surface area (Å²) in [4.78, 5) is 56.6. The Hall–Kier alpha value is -3.99. The quantitative estimate of drug-likeness (QED) is 0.438. The Morgan fingerprint density at radius 3 is 2.50 bits per heavy atom. The number of ether oxygens (including phenoxy) is 2. The highest BCUT2D eigenvalue weighted by Gasteiger charge is 2.33. The first-order chi connectivity index (χ1) is 20.1. The van der Waals surface area contributed by atoms with Crippen LogP contribution < -0.4 is 16.1 Å². The Morgan fingerprint density at radius 2 is 1.71 bits per heavy atom. The Morgan fingerprint density at radius 1 is 0.952 bits per heavy atom. The van der Waals surface area contributed by atoms with Crippen molar-refractivity contribution in [3.63, 3.8) is 0 Å². The summed E-state index contributed by atoms with van der Waals surface area (Å²) in [5.41, 5.74) is 5.45. The van der Waals surface area contributed by atoms with Gasteiger partial charge in [-0.2, -0.15) is 0 Å². The molecule has 4 atom stereocenters. The minimum atomic E-state index is -1.03. The molecular weight excluding hydrogens is 538 g/mol. The number of aromatic nitrogens is 1. The molecule has 4 rings (SSSR count). The van der Waals surface area contributed by atoms with Crippen LogP contribution in [0.1, 0.15) is 77.1 Å². The van der Waals surface area contributed by atoms with Crippen LogP contribution in [0.3, 0.4) is 0 Å². The van der Waals surface area contributed by atoms with Crippen LogP contribution in [-0.4, -0.2) is 65.0 Å². The minimum absolute atomic E-state index is 0.149. The first-order valence-corrected chi connectivity index (χ1v) is 14.7.